The first-order valence-corrected chi connectivity index (χ1v) is 9.51. The van der Waals surface area contributed by atoms with Gasteiger partial charge in [0.15, 0.2) is 0 Å². The maximum atomic E-state index is 12.8. The van der Waals surface area contributed by atoms with Crippen molar-refractivity contribution < 1.29 is 19.5 Å². The van der Waals surface area contributed by atoms with Gasteiger partial charge in [-0.1, -0.05) is 42.5 Å². The highest BCUT2D eigenvalue weighted by Gasteiger charge is 2.18. The summed E-state index contributed by atoms with van der Waals surface area (Å²) < 4.78 is 0. The molecule has 142 valence electrons. The van der Waals surface area contributed by atoms with Crippen LogP contribution in [0.3, 0.4) is 0 Å². The van der Waals surface area contributed by atoms with Gasteiger partial charge in [-0.05, 0) is 30.5 Å². The minimum Gasteiger partial charge on any atom is -0.481 e. The Morgan fingerprint density at radius 3 is 2.37 bits per heavy atom. The number of carbonyl (C=O) groups is 3. The first-order valence-electron chi connectivity index (χ1n) is 8.52. The number of primary amides is 1. The summed E-state index contributed by atoms with van der Waals surface area (Å²) in [6.45, 7) is 0. The highest BCUT2D eigenvalue weighted by atomic mass is 32.2. The number of nitrogens with one attached hydrogen (secondary N) is 1. The zero-order valence-corrected chi connectivity index (χ0v) is 15.6. The van der Waals surface area contributed by atoms with E-state index < -0.39 is 11.9 Å². The summed E-state index contributed by atoms with van der Waals surface area (Å²) in [6, 6.07) is 16.2. The van der Waals surface area contributed by atoms with E-state index in [2.05, 4.69) is 5.32 Å². The Morgan fingerprint density at radius 2 is 1.70 bits per heavy atom. The van der Waals surface area contributed by atoms with E-state index in [9.17, 15) is 14.4 Å². The maximum absolute atomic E-state index is 12.8. The van der Waals surface area contributed by atoms with Crippen molar-refractivity contribution in [2.24, 2.45) is 5.73 Å². The molecule has 0 saturated heterocycles. The fourth-order valence-corrected chi connectivity index (χ4v) is 3.40. The van der Waals surface area contributed by atoms with Gasteiger partial charge >= 0.3 is 5.97 Å². The van der Waals surface area contributed by atoms with Crippen LogP contribution in [0.5, 0.6) is 0 Å². The Hall–Kier alpha value is -2.80. The molecule has 2 aromatic carbocycles. The molecule has 4 N–H and O–H groups in total. The average molecular weight is 386 g/mol. The number of carbonyl (C=O) groups excluding carboxylic acids is 2. The lowest BCUT2D eigenvalue weighted by atomic mass is 10.0. The summed E-state index contributed by atoms with van der Waals surface area (Å²) in [5.74, 6) is -1.58. The summed E-state index contributed by atoms with van der Waals surface area (Å²) >= 11 is 1.20. The van der Waals surface area contributed by atoms with Crippen LogP contribution < -0.4 is 11.1 Å². The predicted octanol–water partition coefficient (Wildman–Crippen LogP) is 2.47. The molecule has 7 heteroatoms. The second-order valence-corrected chi connectivity index (χ2v) is 7.06. The van der Waals surface area contributed by atoms with Gasteiger partial charge in [-0.2, -0.15) is 0 Å². The fourth-order valence-electron chi connectivity index (χ4n) is 2.61. The Labute approximate surface area is 162 Å². The monoisotopic (exact) mass is 386 g/mol. The van der Waals surface area contributed by atoms with Gasteiger partial charge in [-0.25, -0.2) is 0 Å². The molecule has 0 radical (unpaired) electrons. The Bertz CT molecular complexity index is 796. The van der Waals surface area contributed by atoms with Crippen molar-refractivity contribution in [3.63, 3.8) is 0 Å². The van der Waals surface area contributed by atoms with Gasteiger partial charge in [0.25, 0.3) is 5.91 Å². The molecule has 2 aromatic rings. The van der Waals surface area contributed by atoms with Crippen LogP contribution in [0.25, 0.3) is 0 Å². The topological polar surface area (TPSA) is 109 Å². The molecule has 6 nitrogen and oxygen atoms in total. The van der Waals surface area contributed by atoms with E-state index in [1.807, 2.05) is 30.3 Å². The molecule has 27 heavy (non-hydrogen) atoms. The van der Waals surface area contributed by atoms with Gasteiger partial charge in [0, 0.05) is 17.4 Å². The highest BCUT2D eigenvalue weighted by Crippen LogP contribution is 2.22. The molecule has 0 aromatic heterocycles. The standard InChI is InChI=1S/C20H22N2O4S/c21-18(23)13-27-17-9-5-4-8-16(17)20(26)22-15(10-11-19(24)25)12-14-6-2-1-3-7-14/h1-9,15H,10-13H2,(H2,21,23)(H,22,26)(H,24,25). The zero-order valence-electron chi connectivity index (χ0n) is 14.8. The predicted molar refractivity (Wildman–Crippen MR) is 105 cm³/mol. The minimum atomic E-state index is -0.903. The van der Waals surface area contributed by atoms with Crippen LogP contribution in [-0.4, -0.2) is 34.7 Å². The van der Waals surface area contributed by atoms with Crippen molar-refractivity contribution in [3.8, 4) is 0 Å². The molecule has 2 amide bonds. The van der Waals surface area contributed by atoms with Gasteiger partial charge in [0.05, 0.1) is 11.3 Å². The zero-order chi connectivity index (χ0) is 19.6. The van der Waals surface area contributed by atoms with Crippen molar-refractivity contribution in [2.75, 3.05) is 5.75 Å². The minimum absolute atomic E-state index is 0.0319. The molecule has 0 fully saturated rings. The Kier molecular flexibility index (Phi) is 7.88. The van der Waals surface area contributed by atoms with Crippen molar-refractivity contribution in [1.82, 2.24) is 5.32 Å². The van der Waals surface area contributed by atoms with Gasteiger partial charge in [0.2, 0.25) is 5.91 Å². The molecule has 2 rings (SSSR count). The molecular formula is C20H22N2O4S. The van der Waals surface area contributed by atoms with Crippen LogP contribution in [0.2, 0.25) is 0 Å². The lowest BCUT2D eigenvalue weighted by Crippen LogP contribution is -2.37. The Morgan fingerprint density at radius 1 is 1.04 bits per heavy atom. The first-order chi connectivity index (χ1) is 13.0. The number of benzene rings is 2. The number of aliphatic carboxylic acids is 1. The number of hydrogen-bond donors (Lipinski definition) is 3. The van der Waals surface area contributed by atoms with Crippen LogP contribution in [-0.2, 0) is 16.0 Å². The van der Waals surface area contributed by atoms with E-state index in [1.165, 1.54) is 11.8 Å². The third-order valence-corrected chi connectivity index (χ3v) is 4.96. The van der Waals surface area contributed by atoms with Gasteiger partial charge in [-0.15, -0.1) is 11.8 Å². The Balaban J connectivity index is 2.12. The lowest BCUT2D eigenvalue weighted by molar-refractivity contribution is -0.137. The normalized spacial score (nSPS) is 11.6. The van der Waals surface area contributed by atoms with E-state index in [0.29, 0.717) is 23.3 Å². The molecule has 0 spiro atoms. The molecule has 0 bridgehead atoms. The van der Waals surface area contributed by atoms with E-state index >= 15 is 0 Å². The molecule has 0 aliphatic heterocycles. The summed E-state index contributed by atoms with van der Waals surface area (Å²) in [4.78, 5) is 35.4. The number of carboxylic acid groups (broad SMARTS) is 1. The molecule has 1 unspecified atom stereocenters. The average Bonchev–Trinajstić information content (AvgIpc) is 2.65. The summed E-state index contributed by atoms with van der Waals surface area (Å²) in [6.07, 6.45) is 0.832. The van der Waals surface area contributed by atoms with Crippen LogP contribution in [0.1, 0.15) is 28.8 Å². The molecule has 0 aliphatic carbocycles. The van der Waals surface area contributed by atoms with Gasteiger partial charge in [0.1, 0.15) is 0 Å². The second kappa shape index (κ2) is 10.4. The summed E-state index contributed by atoms with van der Waals surface area (Å²) in [5, 5.41) is 11.9. The second-order valence-electron chi connectivity index (χ2n) is 6.04. The van der Waals surface area contributed by atoms with Crippen LogP contribution in [0, 0.1) is 0 Å². The van der Waals surface area contributed by atoms with E-state index in [1.54, 1.807) is 24.3 Å². The number of nitrogens with two attached hydrogens (primary N) is 1. The number of thioether (sulfide) groups is 1. The van der Waals surface area contributed by atoms with Crippen LogP contribution in [0.15, 0.2) is 59.5 Å². The SMILES string of the molecule is NC(=O)CSc1ccccc1C(=O)NC(CCC(=O)O)Cc1ccccc1. The molecular weight excluding hydrogens is 364 g/mol. The number of amides is 2. The van der Waals surface area contributed by atoms with Crippen molar-refractivity contribution in [3.05, 3.63) is 65.7 Å². The molecule has 0 aliphatic rings. The third-order valence-electron chi connectivity index (χ3n) is 3.87. The molecule has 0 saturated carbocycles. The maximum Gasteiger partial charge on any atom is 0.303 e. The summed E-state index contributed by atoms with van der Waals surface area (Å²) in [5.41, 5.74) is 6.65. The van der Waals surface area contributed by atoms with Crippen molar-refractivity contribution >= 4 is 29.5 Å². The third kappa shape index (κ3) is 7.15. The van der Waals surface area contributed by atoms with Crippen LogP contribution in [0.4, 0.5) is 0 Å². The van der Waals surface area contributed by atoms with E-state index in [4.69, 9.17) is 10.8 Å². The first kappa shape index (κ1) is 20.5. The van der Waals surface area contributed by atoms with Crippen molar-refractivity contribution in [1.29, 1.82) is 0 Å². The summed E-state index contributed by atoms with van der Waals surface area (Å²) in [7, 11) is 0. The highest BCUT2D eigenvalue weighted by molar-refractivity contribution is 8.00. The number of rotatable bonds is 10. The van der Waals surface area contributed by atoms with Crippen molar-refractivity contribution in [2.45, 2.75) is 30.2 Å². The van der Waals surface area contributed by atoms with E-state index in [0.717, 1.165) is 5.56 Å². The van der Waals surface area contributed by atoms with Gasteiger partial charge < -0.3 is 16.2 Å². The lowest BCUT2D eigenvalue weighted by Gasteiger charge is -2.19. The molecule has 0 heterocycles. The fraction of sp³-hybridized carbons (Fsp3) is 0.250. The number of carboxylic acids is 1. The van der Waals surface area contributed by atoms with Crippen LogP contribution >= 0.6 is 11.8 Å². The number of hydrogen-bond acceptors (Lipinski definition) is 4. The van der Waals surface area contributed by atoms with E-state index in [-0.39, 0.29) is 24.1 Å². The van der Waals surface area contributed by atoms with Gasteiger partial charge in [-0.3, -0.25) is 14.4 Å². The smallest absolute Gasteiger partial charge is 0.303 e. The largest absolute Gasteiger partial charge is 0.481 e. The molecule has 1 atom stereocenters. The quantitative estimate of drug-likeness (QED) is 0.544.